The Bertz CT molecular complexity index is 895. The number of amides is 1. The monoisotopic (exact) mass is 357 g/mol. The predicted octanol–water partition coefficient (Wildman–Crippen LogP) is 4.89. The minimum Gasteiger partial charge on any atom is -0.398 e. The lowest BCUT2D eigenvalue weighted by Crippen LogP contribution is -2.14. The maximum Gasteiger partial charge on any atom is 0.257 e. The highest BCUT2D eigenvalue weighted by molar-refractivity contribution is 6.33. The highest BCUT2D eigenvalue weighted by atomic mass is 35.5. The fourth-order valence-electron chi connectivity index (χ4n) is 2.25. The van der Waals surface area contributed by atoms with Gasteiger partial charge in [0.1, 0.15) is 0 Å². The van der Waals surface area contributed by atoms with Gasteiger partial charge >= 0.3 is 0 Å². The number of nitrogens with two attached hydrogens (primary N) is 1. The summed E-state index contributed by atoms with van der Waals surface area (Å²) in [5, 5.41) is 3.90. The minimum atomic E-state index is -0.298. The van der Waals surface area contributed by atoms with Gasteiger partial charge in [-0.1, -0.05) is 29.3 Å². The number of nitrogen functional groups attached to an aromatic ring is 1. The summed E-state index contributed by atoms with van der Waals surface area (Å²) in [5.74, 6) is -0.298. The van der Waals surface area contributed by atoms with Gasteiger partial charge in [0.2, 0.25) is 0 Å². The number of hydrogen-bond acceptors (Lipinski definition) is 3. The van der Waals surface area contributed by atoms with Crippen LogP contribution in [-0.2, 0) is 0 Å². The molecule has 2 aromatic carbocycles. The Morgan fingerprint density at radius 1 is 1.04 bits per heavy atom. The topological polar surface area (TPSA) is 68.0 Å². The number of benzene rings is 2. The number of hydrogen-bond donors (Lipinski definition) is 2. The maximum atomic E-state index is 12.4. The molecule has 120 valence electrons. The smallest absolute Gasteiger partial charge is 0.257 e. The summed E-state index contributed by atoms with van der Waals surface area (Å²) < 4.78 is 0. The van der Waals surface area contributed by atoms with Crippen LogP contribution >= 0.6 is 23.2 Å². The van der Waals surface area contributed by atoms with E-state index in [1.54, 1.807) is 60.8 Å². The van der Waals surface area contributed by atoms with E-state index in [1.807, 2.05) is 0 Å². The molecule has 1 heterocycles. The quantitative estimate of drug-likeness (QED) is 0.655. The van der Waals surface area contributed by atoms with Crippen LogP contribution in [0, 0.1) is 0 Å². The number of halogens is 2. The first-order chi connectivity index (χ1) is 11.5. The predicted molar refractivity (Wildman–Crippen MR) is 98.5 cm³/mol. The number of pyridine rings is 1. The molecule has 4 nitrogen and oxygen atoms in total. The molecule has 0 aliphatic carbocycles. The summed E-state index contributed by atoms with van der Waals surface area (Å²) in [5.41, 5.74) is 8.77. The van der Waals surface area contributed by atoms with E-state index < -0.39 is 0 Å². The molecule has 0 saturated heterocycles. The number of nitrogens with zero attached hydrogens (tertiary/aromatic N) is 1. The molecule has 3 aromatic rings. The van der Waals surface area contributed by atoms with Gasteiger partial charge in [-0.25, -0.2) is 0 Å². The second-order valence-corrected chi connectivity index (χ2v) is 5.94. The number of nitrogens with one attached hydrogen (secondary N) is 1. The number of carbonyl (C=O) groups excluding carboxylic acids is 1. The molecular weight excluding hydrogens is 345 g/mol. The molecule has 0 spiro atoms. The third-order valence-corrected chi connectivity index (χ3v) is 3.99. The Labute approximate surface area is 149 Å². The van der Waals surface area contributed by atoms with Crippen molar-refractivity contribution in [2.45, 2.75) is 0 Å². The molecule has 3 rings (SSSR count). The Balaban J connectivity index is 1.86. The van der Waals surface area contributed by atoms with E-state index in [1.165, 1.54) is 0 Å². The standard InChI is InChI=1S/C18H13Cl2N3O/c19-12-4-6-13(7-5-12)23-18(24)14-8-3-11(10-16(14)21)17-15(20)2-1-9-22-17/h1-10H,21H2,(H,23,24). The van der Waals surface area contributed by atoms with Gasteiger partial charge in [0, 0.05) is 28.2 Å². The molecule has 0 bridgehead atoms. The van der Waals surface area contributed by atoms with Gasteiger partial charge in [-0.3, -0.25) is 9.78 Å². The molecule has 0 aliphatic heterocycles. The Morgan fingerprint density at radius 2 is 1.79 bits per heavy atom. The molecule has 0 radical (unpaired) electrons. The van der Waals surface area contributed by atoms with Gasteiger partial charge in [-0.05, 0) is 48.5 Å². The zero-order valence-corrected chi connectivity index (χ0v) is 14.0. The van der Waals surface area contributed by atoms with Gasteiger partial charge < -0.3 is 11.1 Å². The number of aromatic nitrogens is 1. The molecule has 3 N–H and O–H groups in total. The summed E-state index contributed by atoms with van der Waals surface area (Å²) in [6.45, 7) is 0. The van der Waals surface area contributed by atoms with Crippen LogP contribution in [-0.4, -0.2) is 10.9 Å². The van der Waals surface area contributed by atoms with Gasteiger partial charge in [0.15, 0.2) is 0 Å². The molecule has 0 aliphatic rings. The zero-order valence-electron chi connectivity index (χ0n) is 12.5. The van der Waals surface area contributed by atoms with Crippen molar-refractivity contribution in [2.75, 3.05) is 11.1 Å². The Morgan fingerprint density at radius 3 is 2.46 bits per heavy atom. The van der Waals surface area contributed by atoms with Crippen molar-refractivity contribution in [1.29, 1.82) is 0 Å². The van der Waals surface area contributed by atoms with Crippen molar-refractivity contribution in [3.63, 3.8) is 0 Å². The average Bonchev–Trinajstić information content (AvgIpc) is 2.57. The fourth-order valence-corrected chi connectivity index (χ4v) is 2.60. The van der Waals surface area contributed by atoms with Crippen molar-refractivity contribution in [3.05, 3.63) is 76.4 Å². The molecule has 0 atom stereocenters. The van der Waals surface area contributed by atoms with Crippen LogP contribution in [0.5, 0.6) is 0 Å². The number of rotatable bonds is 3. The van der Waals surface area contributed by atoms with Crippen molar-refractivity contribution in [3.8, 4) is 11.3 Å². The SMILES string of the molecule is Nc1cc(-c2ncccc2Cl)ccc1C(=O)Nc1ccc(Cl)cc1. The van der Waals surface area contributed by atoms with Crippen molar-refractivity contribution in [2.24, 2.45) is 0 Å². The summed E-state index contributed by atoms with van der Waals surface area (Å²) in [6, 6.07) is 15.5. The summed E-state index contributed by atoms with van der Waals surface area (Å²) in [4.78, 5) is 16.6. The summed E-state index contributed by atoms with van der Waals surface area (Å²) in [7, 11) is 0. The third kappa shape index (κ3) is 3.50. The second kappa shape index (κ2) is 6.91. The molecule has 1 aromatic heterocycles. The Hall–Kier alpha value is -2.56. The highest BCUT2D eigenvalue weighted by Crippen LogP contribution is 2.28. The zero-order chi connectivity index (χ0) is 17.1. The normalized spacial score (nSPS) is 10.4. The van der Waals surface area contributed by atoms with E-state index in [2.05, 4.69) is 10.3 Å². The van der Waals surface area contributed by atoms with Gasteiger partial charge in [0.05, 0.1) is 16.3 Å². The molecule has 24 heavy (non-hydrogen) atoms. The molecule has 1 amide bonds. The summed E-state index contributed by atoms with van der Waals surface area (Å²) >= 11 is 12.0. The van der Waals surface area contributed by atoms with Crippen LogP contribution in [0.2, 0.25) is 10.0 Å². The van der Waals surface area contributed by atoms with E-state index in [-0.39, 0.29) is 5.91 Å². The lowest BCUT2D eigenvalue weighted by atomic mass is 10.1. The molecule has 0 fully saturated rings. The largest absolute Gasteiger partial charge is 0.398 e. The number of anilines is 2. The third-order valence-electron chi connectivity index (χ3n) is 3.43. The molecule has 6 heteroatoms. The minimum absolute atomic E-state index is 0.298. The van der Waals surface area contributed by atoms with Crippen LogP contribution in [0.3, 0.4) is 0 Å². The van der Waals surface area contributed by atoms with E-state index in [0.29, 0.717) is 32.7 Å². The van der Waals surface area contributed by atoms with Crippen LogP contribution in [0.1, 0.15) is 10.4 Å². The lowest BCUT2D eigenvalue weighted by molar-refractivity contribution is 0.102. The van der Waals surface area contributed by atoms with Crippen molar-refractivity contribution in [1.82, 2.24) is 4.98 Å². The van der Waals surface area contributed by atoms with Crippen molar-refractivity contribution < 1.29 is 4.79 Å². The first-order valence-electron chi connectivity index (χ1n) is 7.12. The summed E-state index contributed by atoms with van der Waals surface area (Å²) in [6.07, 6.45) is 1.65. The van der Waals surface area contributed by atoms with Crippen molar-refractivity contribution >= 4 is 40.5 Å². The molecule has 0 unspecified atom stereocenters. The van der Waals surface area contributed by atoms with Crippen LogP contribution in [0.15, 0.2) is 60.8 Å². The molecular formula is C18H13Cl2N3O. The van der Waals surface area contributed by atoms with Gasteiger partial charge in [-0.2, -0.15) is 0 Å². The van der Waals surface area contributed by atoms with E-state index in [4.69, 9.17) is 28.9 Å². The van der Waals surface area contributed by atoms with E-state index in [9.17, 15) is 4.79 Å². The first kappa shape index (κ1) is 16.3. The highest BCUT2D eigenvalue weighted by Gasteiger charge is 2.13. The second-order valence-electron chi connectivity index (χ2n) is 5.10. The van der Waals surface area contributed by atoms with Crippen LogP contribution < -0.4 is 11.1 Å². The molecule has 0 saturated carbocycles. The first-order valence-corrected chi connectivity index (χ1v) is 7.87. The average molecular weight is 358 g/mol. The van der Waals surface area contributed by atoms with E-state index >= 15 is 0 Å². The number of carbonyl (C=O) groups is 1. The maximum absolute atomic E-state index is 12.4. The van der Waals surface area contributed by atoms with Crippen LogP contribution in [0.25, 0.3) is 11.3 Å². The van der Waals surface area contributed by atoms with E-state index in [0.717, 1.165) is 5.56 Å². The van der Waals surface area contributed by atoms with Crippen LogP contribution in [0.4, 0.5) is 11.4 Å². The Kier molecular flexibility index (Phi) is 4.69. The fraction of sp³-hybridized carbons (Fsp3) is 0. The van der Waals surface area contributed by atoms with Gasteiger partial charge in [-0.15, -0.1) is 0 Å². The van der Waals surface area contributed by atoms with Gasteiger partial charge in [0.25, 0.3) is 5.91 Å². The lowest BCUT2D eigenvalue weighted by Gasteiger charge is -2.10.